The summed E-state index contributed by atoms with van der Waals surface area (Å²) in [6, 6.07) is 6.13. The van der Waals surface area contributed by atoms with Gasteiger partial charge in [-0.3, -0.25) is 4.68 Å². The summed E-state index contributed by atoms with van der Waals surface area (Å²) in [6.07, 6.45) is 8.21. The number of aromatic nitrogens is 3. The first kappa shape index (κ1) is 14.7. The van der Waals surface area contributed by atoms with E-state index in [4.69, 9.17) is 4.74 Å². The fourth-order valence-corrected chi connectivity index (χ4v) is 4.22. The molecule has 1 aliphatic carbocycles. The number of rotatable bonds is 3. The molecule has 1 saturated carbocycles. The zero-order valence-corrected chi connectivity index (χ0v) is 13.8. The van der Waals surface area contributed by atoms with E-state index in [0.717, 1.165) is 30.6 Å². The highest BCUT2D eigenvalue weighted by molar-refractivity contribution is 5.11. The van der Waals surface area contributed by atoms with E-state index in [-0.39, 0.29) is 6.10 Å². The van der Waals surface area contributed by atoms with Crippen molar-refractivity contribution in [1.29, 1.82) is 0 Å². The van der Waals surface area contributed by atoms with Crippen LogP contribution < -0.4 is 4.74 Å². The van der Waals surface area contributed by atoms with E-state index in [1.165, 1.54) is 18.7 Å². The van der Waals surface area contributed by atoms with E-state index in [0.29, 0.717) is 6.04 Å². The van der Waals surface area contributed by atoms with E-state index >= 15 is 0 Å². The van der Waals surface area contributed by atoms with Gasteiger partial charge >= 0.3 is 0 Å². The molecule has 2 aromatic rings. The molecule has 0 aromatic carbocycles. The smallest absolute Gasteiger partial charge is 0.213 e. The van der Waals surface area contributed by atoms with Crippen LogP contribution in [0.25, 0.3) is 0 Å². The molecule has 0 unspecified atom stereocenters. The third kappa shape index (κ3) is 2.98. The zero-order chi connectivity index (χ0) is 15.8. The maximum absolute atomic E-state index is 6.28. The molecule has 23 heavy (non-hydrogen) atoms. The molecule has 1 aliphatic heterocycles. The summed E-state index contributed by atoms with van der Waals surface area (Å²) in [5, 5.41) is 4.57. The lowest BCUT2D eigenvalue weighted by atomic mass is 9.77. The highest BCUT2D eigenvalue weighted by atomic mass is 16.5. The summed E-state index contributed by atoms with van der Waals surface area (Å²) < 4.78 is 8.39. The molecule has 122 valence electrons. The number of hydrogen-bond donors (Lipinski definition) is 0. The number of pyridine rings is 1. The first-order valence-electron chi connectivity index (χ1n) is 8.46. The fourth-order valence-electron chi connectivity index (χ4n) is 4.22. The summed E-state index contributed by atoms with van der Waals surface area (Å²) >= 11 is 0. The van der Waals surface area contributed by atoms with Gasteiger partial charge in [-0.2, -0.15) is 5.10 Å². The summed E-state index contributed by atoms with van der Waals surface area (Å²) in [4.78, 5) is 6.79. The van der Waals surface area contributed by atoms with Gasteiger partial charge in [0.15, 0.2) is 0 Å². The van der Waals surface area contributed by atoms with Crippen LogP contribution in [0.1, 0.15) is 24.4 Å². The molecule has 1 saturated heterocycles. The average molecular weight is 312 g/mol. The number of fused-ring (bicyclic) bond motifs is 1. The molecule has 2 fully saturated rings. The van der Waals surface area contributed by atoms with Crippen LogP contribution in [0.2, 0.25) is 0 Å². The Kier molecular flexibility index (Phi) is 3.81. The second-order valence-corrected chi connectivity index (χ2v) is 7.10. The third-order valence-electron chi connectivity index (χ3n) is 5.25. The van der Waals surface area contributed by atoms with Gasteiger partial charge in [0.1, 0.15) is 6.10 Å². The molecule has 2 aliphatic rings. The van der Waals surface area contributed by atoms with Gasteiger partial charge in [-0.05, 0) is 50.3 Å². The summed E-state index contributed by atoms with van der Waals surface area (Å²) in [5.41, 5.74) is 1.20. The normalized spacial score (nSPS) is 31.0. The lowest BCUT2D eigenvalue weighted by Gasteiger charge is -2.37. The van der Waals surface area contributed by atoms with Gasteiger partial charge in [0.05, 0.1) is 12.2 Å². The predicted molar refractivity (Wildman–Crippen MR) is 88.4 cm³/mol. The van der Waals surface area contributed by atoms with E-state index < -0.39 is 0 Å². The van der Waals surface area contributed by atoms with Crippen LogP contribution in [0.4, 0.5) is 0 Å². The van der Waals surface area contributed by atoms with E-state index in [1.807, 2.05) is 24.4 Å². The molecule has 5 heteroatoms. The van der Waals surface area contributed by atoms with Crippen LogP contribution in [0.5, 0.6) is 5.88 Å². The van der Waals surface area contributed by atoms with Crippen molar-refractivity contribution in [3.05, 3.63) is 42.4 Å². The van der Waals surface area contributed by atoms with Crippen molar-refractivity contribution in [2.75, 3.05) is 20.1 Å². The van der Waals surface area contributed by atoms with Gasteiger partial charge in [-0.25, -0.2) is 4.98 Å². The molecule has 0 bridgehead atoms. The van der Waals surface area contributed by atoms with E-state index in [9.17, 15) is 0 Å². The Morgan fingerprint density at radius 3 is 2.70 bits per heavy atom. The average Bonchev–Trinajstić information content (AvgIpc) is 3.12. The van der Waals surface area contributed by atoms with E-state index in [1.54, 1.807) is 6.20 Å². The summed E-state index contributed by atoms with van der Waals surface area (Å²) in [7, 11) is 2.22. The molecule has 4 atom stereocenters. The van der Waals surface area contributed by atoms with Crippen LogP contribution >= 0.6 is 0 Å². The molecule has 0 amide bonds. The summed E-state index contributed by atoms with van der Waals surface area (Å²) in [5.74, 6) is 2.19. The molecule has 4 rings (SSSR count). The molecule has 2 aromatic heterocycles. The van der Waals surface area contributed by atoms with Gasteiger partial charge in [-0.15, -0.1) is 0 Å². The van der Waals surface area contributed by atoms with Crippen molar-refractivity contribution in [3.8, 4) is 5.88 Å². The Morgan fingerprint density at radius 1 is 1.17 bits per heavy atom. The summed E-state index contributed by atoms with van der Waals surface area (Å²) in [6.45, 7) is 4.46. The van der Waals surface area contributed by atoms with Crippen molar-refractivity contribution in [2.24, 2.45) is 11.8 Å². The number of likely N-dealkylation sites (tertiary alicyclic amines) is 1. The Hall–Kier alpha value is -1.88. The minimum atomic E-state index is 0.136. The second kappa shape index (κ2) is 5.96. The molecule has 0 radical (unpaired) electrons. The first-order chi connectivity index (χ1) is 11.2. The minimum absolute atomic E-state index is 0.136. The van der Waals surface area contributed by atoms with E-state index in [2.05, 4.69) is 39.8 Å². The number of nitrogens with zero attached hydrogens (tertiary/aromatic N) is 4. The van der Waals surface area contributed by atoms with Crippen LogP contribution in [0.3, 0.4) is 0 Å². The largest absolute Gasteiger partial charge is 0.472 e. The SMILES string of the molecule is Cc1cnn([C@H]2C[C@H]3CN(C)C[C@H]3C[C@@H]2Oc2ccccn2)c1. The molecular formula is C18H24N4O. The predicted octanol–water partition coefficient (Wildman–Crippen LogP) is 2.55. The maximum Gasteiger partial charge on any atom is 0.213 e. The van der Waals surface area contributed by atoms with Crippen molar-refractivity contribution in [2.45, 2.75) is 31.9 Å². The number of aryl methyl sites for hydroxylation is 1. The second-order valence-electron chi connectivity index (χ2n) is 7.10. The molecule has 5 nitrogen and oxygen atoms in total. The van der Waals surface area contributed by atoms with Crippen molar-refractivity contribution < 1.29 is 4.74 Å². The van der Waals surface area contributed by atoms with Gasteiger partial charge in [0.2, 0.25) is 5.88 Å². The zero-order valence-electron chi connectivity index (χ0n) is 13.8. The van der Waals surface area contributed by atoms with Crippen LogP contribution in [-0.4, -0.2) is 45.9 Å². The van der Waals surface area contributed by atoms with Crippen molar-refractivity contribution in [3.63, 3.8) is 0 Å². The van der Waals surface area contributed by atoms with Crippen LogP contribution in [0, 0.1) is 18.8 Å². The standard InChI is InChI=1S/C18H24N4O/c1-13-9-20-22(10-13)16-7-14-11-21(2)12-15(14)8-17(16)23-18-5-3-4-6-19-18/h3-6,9-10,14-17H,7-8,11-12H2,1-2H3/t14-,15+,16-,17-/m0/s1. The Bertz CT molecular complexity index is 656. The minimum Gasteiger partial charge on any atom is -0.472 e. The number of ether oxygens (including phenoxy) is 1. The molecular weight excluding hydrogens is 288 g/mol. The lowest BCUT2D eigenvalue weighted by Crippen LogP contribution is -2.40. The molecule has 3 heterocycles. The quantitative estimate of drug-likeness (QED) is 0.873. The van der Waals surface area contributed by atoms with Crippen LogP contribution in [-0.2, 0) is 0 Å². The Labute approximate surface area is 137 Å². The van der Waals surface area contributed by atoms with Gasteiger partial charge in [-0.1, -0.05) is 6.07 Å². The van der Waals surface area contributed by atoms with Gasteiger partial charge < -0.3 is 9.64 Å². The highest BCUT2D eigenvalue weighted by Gasteiger charge is 2.43. The molecule has 0 spiro atoms. The topological polar surface area (TPSA) is 43.2 Å². The maximum atomic E-state index is 6.28. The first-order valence-corrected chi connectivity index (χ1v) is 8.46. The van der Waals surface area contributed by atoms with Crippen LogP contribution in [0.15, 0.2) is 36.8 Å². The Morgan fingerprint density at radius 2 is 2.00 bits per heavy atom. The van der Waals surface area contributed by atoms with Gasteiger partial charge in [0.25, 0.3) is 0 Å². The Balaban J connectivity index is 1.59. The molecule has 0 N–H and O–H groups in total. The lowest BCUT2D eigenvalue weighted by molar-refractivity contribution is 0.0459. The fraction of sp³-hybridized carbons (Fsp3) is 0.556. The monoisotopic (exact) mass is 312 g/mol. The van der Waals surface area contributed by atoms with Gasteiger partial charge in [0, 0.05) is 31.5 Å². The highest BCUT2D eigenvalue weighted by Crippen LogP contribution is 2.42. The number of hydrogen-bond acceptors (Lipinski definition) is 4. The third-order valence-corrected chi connectivity index (χ3v) is 5.25. The van der Waals surface area contributed by atoms with Crippen molar-refractivity contribution >= 4 is 0 Å². The van der Waals surface area contributed by atoms with Crippen molar-refractivity contribution in [1.82, 2.24) is 19.7 Å².